The van der Waals surface area contributed by atoms with Gasteiger partial charge in [0.2, 0.25) is 0 Å². The number of esters is 1. The van der Waals surface area contributed by atoms with E-state index in [1.54, 1.807) is 31.2 Å². The van der Waals surface area contributed by atoms with Crippen LogP contribution in [0.2, 0.25) is 0 Å². The summed E-state index contributed by atoms with van der Waals surface area (Å²) < 4.78 is 4.61. The summed E-state index contributed by atoms with van der Waals surface area (Å²) in [5.41, 5.74) is 0.561. The molecule has 0 spiro atoms. The first-order valence-corrected chi connectivity index (χ1v) is 5.23. The highest BCUT2D eigenvalue weighted by atomic mass is 16.5. The van der Waals surface area contributed by atoms with Gasteiger partial charge >= 0.3 is 5.97 Å². The molecule has 0 bridgehead atoms. The smallest absolute Gasteiger partial charge is 0.384 e. The van der Waals surface area contributed by atoms with Crippen LogP contribution in [0.5, 0.6) is 0 Å². The van der Waals surface area contributed by atoms with E-state index in [0.717, 1.165) is 0 Å². The highest BCUT2D eigenvalue weighted by molar-refractivity contribution is 5.94. The third-order valence-corrected chi connectivity index (χ3v) is 1.84. The monoisotopic (exact) mass is 231 g/mol. The predicted molar refractivity (Wildman–Crippen MR) is 63.2 cm³/mol. The minimum atomic E-state index is -0.582. The second kappa shape index (κ2) is 7.07. The van der Waals surface area contributed by atoms with Gasteiger partial charge in [-0.3, -0.25) is 4.79 Å². The van der Waals surface area contributed by atoms with Gasteiger partial charge in [-0.2, -0.15) is 0 Å². The summed E-state index contributed by atoms with van der Waals surface area (Å²) in [4.78, 5) is 22.4. The molecule has 0 saturated heterocycles. The van der Waals surface area contributed by atoms with E-state index in [9.17, 15) is 9.59 Å². The Morgan fingerprint density at radius 2 is 2.00 bits per heavy atom. The van der Waals surface area contributed by atoms with Crippen LogP contribution in [-0.2, 0) is 9.53 Å². The first-order chi connectivity index (χ1) is 8.24. The average Bonchev–Trinajstić information content (AvgIpc) is 2.36. The van der Waals surface area contributed by atoms with E-state index in [-0.39, 0.29) is 12.5 Å². The number of amides is 1. The molecule has 1 aromatic rings. The minimum absolute atomic E-state index is 0.118. The zero-order valence-electron chi connectivity index (χ0n) is 9.53. The first-order valence-electron chi connectivity index (χ1n) is 5.23. The van der Waals surface area contributed by atoms with Crippen molar-refractivity contribution in [1.82, 2.24) is 5.32 Å². The van der Waals surface area contributed by atoms with E-state index < -0.39 is 5.97 Å². The standard InChI is InChI=1S/C13H13NO3/c1-2-17-12(15)9-6-10-14-13(16)11-7-4-3-5-8-11/h3-5,7-8H,2,10H2,1H3,(H,14,16). The van der Waals surface area contributed by atoms with Gasteiger partial charge in [-0.1, -0.05) is 24.1 Å². The van der Waals surface area contributed by atoms with Gasteiger partial charge in [0.15, 0.2) is 0 Å². The van der Waals surface area contributed by atoms with Crippen LogP contribution in [0, 0.1) is 11.8 Å². The van der Waals surface area contributed by atoms with Crippen molar-refractivity contribution < 1.29 is 14.3 Å². The Kier molecular flexibility index (Phi) is 5.32. The van der Waals surface area contributed by atoms with Crippen LogP contribution in [-0.4, -0.2) is 25.0 Å². The van der Waals surface area contributed by atoms with E-state index in [4.69, 9.17) is 0 Å². The quantitative estimate of drug-likeness (QED) is 0.479. The lowest BCUT2D eigenvalue weighted by Gasteiger charge is -1.99. The van der Waals surface area contributed by atoms with Crippen molar-refractivity contribution in [2.45, 2.75) is 6.92 Å². The van der Waals surface area contributed by atoms with E-state index in [1.165, 1.54) is 0 Å². The van der Waals surface area contributed by atoms with Crippen LogP contribution < -0.4 is 5.32 Å². The van der Waals surface area contributed by atoms with Gasteiger partial charge in [0.05, 0.1) is 13.2 Å². The van der Waals surface area contributed by atoms with Crippen LogP contribution in [0.3, 0.4) is 0 Å². The molecule has 4 heteroatoms. The fourth-order valence-corrected chi connectivity index (χ4v) is 1.10. The Balaban J connectivity index is 2.37. The molecular weight excluding hydrogens is 218 g/mol. The summed E-state index contributed by atoms with van der Waals surface area (Å²) in [6.07, 6.45) is 0. The molecule has 0 atom stereocenters. The van der Waals surface area contributed by atoms with Crippen molar-refractivity contribution in [2.75, 3.05) is 13.2 Å². The number of nitrogens with one attached hydrogen (secondary N) is 1. The largest absolute Gasteiger partial charge is 0.456 e. The van der Waals surface area contributed by atoms with Crippen LogP contribution in [0.1, 0.15) is 17.3 Å². The van der Waals surface area contributed by atoms with Crippen molar-refractivity contribution >= 4 is 11.9 Å². The molecule has 4 nitrogen and oxygen atoms in total. The summed E-state index contributed by atoms with van der Waals surface area (Å²) in [7, 11) is 0. The number of hydrogen-bond acceptors (Lipinski definition) is 3. The molecule has 0 aliphatic carbocycles. The Morgan fingerprint density at radius 1 is 1.29 bits per heavy atom. The number of carbonyl (C=O) groups is 2. The number of ether oxygens (including phenoxy) is 1. The van der Waals surface area contributed by atoms with Gasteiger partial charge < -0.3 is 10.1 Å². The average molecular weight is 231 g/mol. The number of benzene rings is 1. The maximum absolute atomic E-state index is 11.5. The van der Waals surface area contributed by atoms with E-state index in [1.807, 2.05) is 6.07 Å². The molecular formula is C13H13NO3. The van der Waals surface area contributed by atoms with Crippen molar-refractivity contribution in [2.24, 2.45) is 0 Å². The Bertz CT molecular complexity index is 443. The van der Waals surface area contributed by atoms with Gasteiger partial charge in [0.1, 0.15) is 0 Å². The molecule has 0 saturated carbocycles. The summed E-state index contributed by atoms with van der Waals surface area (Å²) in [6, 6.07) is 8.79. The van der Waals surface area contributed by atoms with E-state index >= 15 is 0 Å². The van der Waals surface area contributed by atoms with Crippen LogP contribution in [0.15, 0.2) is 30.3 Å². The first kappa shape index (κ1) is 12.8. The van der Waals surface area contributed by atoms with Crippen LogP contribution in [0.25, 0.3) is 0 Å². The Morgan fingerprint density at radius 3 is 2.65 bits per heavy atom. The zero-order chi connectivity index (χ0) is 12.5. The lowest BCUT2D eigenvalue weighted by Crippen LogP contribution is -2.23. The van der Waals surface area contributed by atoms with Crippen molar-refractivity contribution in [3.63, 3.8) is 0 Å². The summed E-state index contributed by atoms with van der Waals surface area (Å²) in [5, 5.41) is 2.58. The summed E-state index contributed by atoms with van der Waals surface area (Å²) >= 11 is 0. The molecule has 88 valence electrons. The van der Waals surface area contributed by atoms with E-state index in [0.29, 0.717) is 12.2 Å². The molecule has 1 N–H and O–H groups in total. The summed E-state index contributed by atoms with van der Waals surface area (Å²) in [6.45, 7) is 2.12. The highest BCUT2D eigenvalue weighted by Crippen LogP contribution is 1.96. The third-order valence-electron chi connectivity index (χ3n) is 1.84. The molecule has 0 heterocycles. The normalized spacial score (nSPS) is 8.76. The molecule has 1 amide bonds. The van der Waals surface area contributed by atoms with Gasteiger partial charge in [0, 0.05) is 11.5 Å². The van der Waals surface area contributed by atoms with Crippen molar-refractivity contribution in [3.05, 3.63) is 35.9 Å². The second-order valence-electron chi connectivity index (χ2n) is 3.07. The summed E-state index contributed by atoms with van der Waals surface area (Å²) in [5.74, 6) is 3.98. The zero-order valence-corrected chi connectivity index (χ0v) is 9.53. The number of rotatable bonds is 3. The van der Waals surface area contributed by atoms with Gasteiger partial charge in [-0.15, -0.1) is 0 Å². The maximum atomic E-state index is 11.5. The molecule has 1 aromatic carbocycles. The lowest BCUT2D eigenvalue weighted by molar-refractivity contribution is -0.136. The number of carbonyl (C=O) groups excluding carboxylic acids is 2. The number of hydrogen-bond donors (Lipinski definition) is 1. The van der Waals surface area contributed by atoms with Gasteiger partial charge in [-0.25, -0.2) is 4.79 Å². The Hall–Kier alpha value is -2.28. The van der Waals surface area contributed by atoms with Crippen LogP contribution >= 0.6 is 0 Å². The third kappa shape index (κ3) is 4.85. The second-order valence-corrected chi connectivity index (χ2v) is 3.07. The van der Waals surface area contributed by atoms with Crippen molar-refractivity contribution in [1.29, 1.82) is 0 Å². The maximum Gasteiger partial charge on any atom is 0.384 e. The van der Waals surface area contributed by atoms with Gasteiger partial charge in [0.25, 0.3) is 5.91 Å². The van der Waals surface area contributed by atoms with Gasteiger partial charge in [-0.05, 0) is 19.1 Å². The minimum Gasteiger partial charge on any atom is -0.456 e. The molecule has 0 unspecified atom stereocenters. The molecule has 0 aliphatic rings. The molecule has 0 fully saturated rings. The molecule has 17 heavy (non-hydrogen) atoms. The molecule has 0 aromatic heterocycles. The van der Waals surface area contributed by atoms with Crippen LogP contribution in [0.4, 0.5) is 0 Å². The molecule has 0 radical (unpaired) electrons. The SMILES string of the molecule is CCOC(=O)C#CCNC(=O)c1ccccc1. The lowest BCUT2D eigenvalue weighted by atomic mass is 10.2. The molecule has 0 aliphatic heterocycles. The Labute approximate surface area is 100.0 Å². The topological polar surface area (TPSA) is 55.4 Å². The van der Waals surface area contributed by atoms with Crippen molar-refractivity contribution in [3.8, 4) is 11.8 Å². The fraction of sp³-hybridized carbons (Fsp3) is 0.231. The van der Waals surface area contributed by atoms with E-state index in [2.05, 4.69) is 21.9 Å². The highest BCUT2D eigenvalue weighted by Gasteiger charge is 2.01. The molecule has 1 rings (SSSR count). The fourth-order valence-electron chi connectivity index (χ4n) is 1.10. The predicted octanol–water partition coefficient (Wildman–Crippen LogP) is 0.983.